The molecule has 1 fully saturated rings. The summed E-state index contributed by atoms with van der Waals surface area (Å²) in [5.41, 5.74) is 0. The van der Waals surface area contributed by atoms with Crippen LogP contribution in [0.5, 0.6) is 0 Å². The number of sulfonamides is 1. The normalized spacial score (nSPS) is 17.6. The molecule has 1 atom stereocenters. The molecular weight excluding hydrogens is 384 g/mol. The van der Waals surface area contributed by atoms with Gasteiger partial charge in [-0.15, -0.1) is 11.3 Å². The van der Waals surface area contributed by atoms with Crippen molar-refractivity contribution in [3.05, 3.63) is 34.9 Å². The van der Waals surface area contributed by atoms with E-state index in [2.05, 4.69) is 5.10 Å². The number of nitrogens with zero attached hydrogens (tertiary/aromatic N) is 4. The van der Waals surface area contributed by atoms with E-state index in [1.54, 1.807) is 33.3 Å². The number of thiophene rings is 1. The minimum absolute atomic E-state index is 0.0598. The lowest BCUT2D eigenvalue weighted by Crippen LogP contribution is -2.52. The Morgan fingerprint density at radius 2 is 2.08 bits per heavy atom. The molecule has 25 heavy (non-hydrogen) atoms. The van der Waals surface area contributed by atoms with E-state index in [0.29, 0.717) is 41.8 Å². The predicted molar refractivity (Wildman–Crippen MR) is 96.2 cm³/mol. The number of rotatable bonds is 5. The van der Waals surface area contributed by atoms with E-state index in [4.69, 9.17) is 11.6 Å². The van der Waals surface area contributed by atoms with Crippen LogP contribution in [-0.2, 0) is 14.8 Å². The van der Waals surface area contributed by atoms with Gasteiger partial charge in [-0.1, -0.05) is 24.6 Å². The topological polar surface area (TPSA) is 75.5 Å². The molecule has 0 N–H and O–H groups in total. The van der Waals surface area contributed by atoms with E-state index >= 15 is 0 Å². The van der Waals surface area contributed by atoms with Crippen molar-refractivity contribution >= 4 is 38.9 Å². The van der Waals surface area contributed by atoms with Gasteiger partial charge in [0.1, 0.15) is 10.3 Å². The molecule has 0 spiro atoms. The van der Waals surface area contributed by atoms with E-state index in [1.165, 1.54) is 21.8 Å². The van der Waals surface area contributed by atoms with Gasteiger partial charge < -0.3 is 4.90 Å². The number of aromatic nitrogens is 2. The summed E-state index contributed by atoms with van der Waals surface area (Å²) >= 11 is 7.09. The van der Waals surface area contributed by atoms with Crippen LogP contribution in [0.4, 0.5) is 0 Å². The zero-order valence-corrected chi connectivity index (χ0v) is 16.1. The van der Waals surface area contributed by atoms with E-state index in [-0.39, 0.29) is 5.91 Å². The highest BCUT2D eigenvalue weighted by molar-refractivity contribution is 7.91. The van der Waals surface area contributed by atoms with Gasteiger partial charge >= 0.3 is 0 Å². The highest BCUT2D eigenvalue weighted by atomic mass is 35.5. The van der Waals surface area contributed by atoms with Gasteiger partial charge in [0.15, 0.2) is 0 Å². The Labute approximate surface area is 155 Å². The number of amides is 1. The van der Waals surface area contributed by atoms with Crippen LogP contribution < -0.4 is 0 Å². The van der Waals surface area contributed by atoms with Gasteiger partial charge in [-0.2, -0.15) is 9.40 Å². The molecule has 136 valence electrons. The van der Waals surface area contributed by atoms with Crippen molar-refractivity contribution in [1.82, 2.24) is 19.0 Å². The Kier molecular flexibility index (Phi) is 5.47. The molecule has 1 amide bonds. The Hall–Kier alpha value is -1.42. The van der Waals surface area contributed by atoms with E-state index in [9.17, 15) is 13.2 Å². The summed E-state index contributed by atoms with van der Waals surface area (Å²) in [6.07, 6.45) is 3.72. The average Bonchev–Trinajstić information content (AvgIpc) is 3.28. The number of halogens is 1. The molecule has 1 saturated heterocycles. The minimum Gasteiger partial charge on any atom is -0.338 e. The summed E-state index contributed by atoms with van der Waals surface area (Å²) in [6.45, 7) is 3.24. The summed E-state index contributed by atoms with van der Waals surface area (Å²) in [7, 11) is -3.46. The van der Waals surface area contributed by atoms with Crippen molar-refractivity contribution in [3.63, 3.8) is 0 Å². The second-order valence-electron chi connectivity index (χ2n) is 5.72. The Bertz CT molecular complexity index is 827. The van der Waals surface area contributed by atoms with Gasteiger partial charge in [0.2, 0.25) is 5.91 Å². The molecule has 0 aliphatic carbocycles. The largest absolute Gasteiger partial charge is 0.338 e. The molecule has 0 aromatic carbocycles. The van der Waals surface area contributed by atoms with Crippen LogP contribution >= 0.6 is 22.9 Å². The summed E-state index contributed by atoms with van der Waals surface area (Å²) in [4.78, 5) is 14.5. The lowest BCUT2D eigenvalue weighted by atomic mass is 10.2. The maximum atomic E-state index is 12.8. The van der Waals surface area contributed by atoms with Crippen LogP contribution in [0.25, 0.3) is 0 Å². The third-order valence-electron chi connectivity index (χ3n) is 4.20. The van der Waals surface area contributed by atoms with Crippen LogP contribution in [0.15, 0.2) is 34.1 Å². The second-order valence-corrected chi connectivity index (χ2v) is 9.27. The number of hydrogen-bond acceptors (Lipinski definition) is 5. The Morgan fingerprint density at radius 3 is 2.60 bits per heavy atom. The second kappa shape index (κ2) is 7.45. The van der Waals surface area contributed by atoms with Crippen LogP contribution in [0.3, 0.4) is 0 Å². The molecule has 1 aliphatic rings. The maximum absolute atomic E-state index is 12.8. The predicted octanol–water partition coefficient (Wildman–Crippen LogP) is 2.08. The fraction of sp³-hybridized carbons (Fsp3) is 0.467. The molecule has 2 aromatic heterocycles. The van der Waals surface area contributed by atoms with Crippen LogP contribution in [0.2, 0.25) is 5.02 Å². The van der Waals surface area contributed by atoms with Gasteiger partial charge in [0.25, 0.3) is 10.0 Å². The van der Waals surface area contributed by atoms with Crippen molar-refractivity contribution in [2.24, 2.45) is 0 Å². The lowest BCUT2D eigenvalue weighted by Gasteiger charge is -2.35. The van der Waals surface area contributed by atoms with Gasteiger partial charge in [-0.25, -0.2) is 8.42 Å². The van der Waals surface area contributed by atoms with Crippen LogP contribution in [-0.4, -0.2) is 59.5 Å². The van der Waals surface area contributed by atoms with Crippen molar-refractivity contribution in [1.29, 1.82) is 0 Å². The maximum Gasteiger partial charge on any atom is 0.252 e. The van der Waals surface area contributed by atoms with Crippen molar-refractivity contribution in [3.8, 4) is 0 Å². The Morgan fingerprint density at radius 1 is 1.36 bits per heavy atom. The first-order valence-electron chi connectivity index (χ1n) is 7.95. The molecule has 2 aromatic rings. The molecule has 1 aliphatic heterocycles. The first kappa shape index (κ1) is 18.4. The SMILES string of the molecule is CCC(C(=O)N1CCN(S(=O)(=O)c2cccs2)CC1)n1cc(Cl)cn1. The third kappa shape index (κ3) is 3.74. The van der Waals surface area contributed by atoms with Gasteiger partial charge in [0, 0.05) is 32.4 Å². The van der Waals surface area contributed by atoms with Crippen LogP contribution in [0, 0.1) is 0 Å². The van der Waals surface area contributed by atoms with Gasteiger partial charge in [-0.3, -0.25) is 9.48 Å². The van der Waals surface area contributed by atoms with Gasteiger partial charge in [-0.05, 0) is 17.9 Å². The highest BCUT2D eigenvalue weighted by Gasteiger charge is 2.33. The molecule has 1 unspecified atom stereocenters. The first-order valence-corrected chi connectivity index (χ1v) is 10.7. The molecule has 3 heterocycles. The summed E-state index contributed by atoms with van der Waals surface area (Å²) < 4.78 is 28.4. The summed E-state index contributed by atoms with van der Waals surface area (Å²) in [5, 5.41) is 6.35. The fourth-order valence-electron chi connectivity index (χ4n) is 2.86. The monoisotopic (exact) mass is 402 g/mol. The molecule has 0 saturated carbocycles. The van der Waals surface area contributed by atoms with Crippen molar-refractivity contribution in [2.45, 2.75) is 23.6 Å². The number of carbonyl (C=O) groups is 1. The molecular formula is C15H19ClN4O3S2. The van der Waals surface area contributed by atoms with E-state index in [1.807, 2.05) is 6.92 Å². The summed E-state index contributed by atoms with van der Waals surface area (Å²) in [5.74, 6) is -0.0598. The van der Waals surface area contributed by atoms with Crippen molar-refractivity contribution < 1.29 is 13.2 Å². The number of piperazine rings is 1. The molecule has 0 bridgehead atoms. The van der Waals surface area contributed by atoms with Crippen molar-refractivity contribution in [2.75, 3.05) is 26.2 Å². The lowest BCUT2D eigenvalue weighted by molar-refractivity contribution is -0.136. The fourth-order valence-corrected chi connectivity index (χ4v) is 5.57. The molecule has 10 heteroatoms. The smallest absolute Gasteiger partial charge is 0.252 e. The van der Waals surface area contributed by atoms with Crippen LogP contribution in [0.1, 0.15) is 19.4 Å². The summed E-state index contributed by atoms with van der Waals surface area (Å²) in [6, 6.07) is 2.90. The van der Waals surface area contributed by atoms with Gasteiger partial charge in [0.05, 0.1) is 11.2 Å². The molecule has 7 nitrogen and oxygen atoms in total. The third-order valence-corrected chi connectivity index (χ3v) is 7.67. The average molecular weight is 403 g/mol. The van der Waals surface area contributed by atoms with E-state index < -0.39 is 16.1 Å². The zero-order chi connectivity index (χ0) is 18.0. The number of hydrogen-bond donors (Lipinski definition) is 0. The zero-order valence-electron chi connectivity index (χ0n) is 13.7. The highest BCUT2D eigenvalue weighted by Crippen LogP contribution is 2.23. The quantitative estimate of drug-likeness (QED) is 0.767. The first-order chi connectivity index (χ1) is 11.9. The minimum atomic E-state index is -3.46. The molecule has 0 radical (unpaired) electrons. The Balaban J connectivity index is 1.66. The van der Waals surface area contributed by atoms with E-state index in [0.717, 1.165) is 0 Å². The number of carbonyl (C=O) groups excluding carboxylic acids is 1. The molecule has 3 rings (SSSR count). The standard InChI is InChI=1S/C15H19ClN4O3S2/c1-2-13(20-11-12(16)10-17-20)15(21)18-5-7-19(8-6-18)25(22,23)14-4-3-9-24-14/h3-4,9-11,13H,2,5-8H2,1H3.